The number of benzene rings is 2. The third-order valence-electron chi connectivity index (χ3n) is 6.04. The van der Waals surface area contributed by atoms with Crippen LogP contribution in [0.4, 0.5) is 5.69 Å². The monoisotopic (exact) mass is 497 g/mol. The summed E-state index contributed by atoms with van der Waals surface area (Å²) in [5.74, 6) is 1.45. The number of hydrogen-bond acceptors (Lipinski definition) is 6. The zero-order valence-electron chi connectivity index (χ0n) is 18.8. The predicted molar refractivity (Wildman–Crippen MR) is 131 cm³/mol. The molecular formula is C24H27N5O3S2. The van der Waals surface area contributed by atoms with Crippen molar-refractivity contribution in [2.45, 2.75) is 48.2 Å². The first kappa shape index (κ1) is 23.1. The van der Waals surface area contributed by atoms with E-state index in [0.717, 1.165) is 36.7 Å². The van der Waals surface area contributed by atoms with Crippen LogP contribution in [0.3, 0.4) is 0 Å². The maximum absolute atomic E-state index is 12.7. The molecule has 1 N–H and O–H groups in total. The molecular weight excluding hydrogens is 470 g/mol. The summed E-state index contributed by atoms with van der Waals surface area (Å²) in [4.78, 5) is 12.8. The van der Waals surface area contributed by atoms with Crippen molar-refractivity contribution in [2.24, 2.45) is 0 Å². The van der Waals surface area contributed by atoms with Crippen molar-refractivity contribution in [2.75, 3.05) is 24.2 Å². The van der Waals surface area contributed by atoms with Gasteiger partial charge in [0.05, 0.1) is 17.2 Å². The van der Waals surface area contributed by atoms with Gasteiger partial charge in [-0.15, -0.1) is 10.2 Å². The Morgan fingerprint density at radius 2 is 1.71 bits per heavy atom. The Balaban J connectivity index is 1.21. The molecule has 0 radical (unpaired) electrons. The first-order valence-corrected chi connectivity index (χ1v) is 13.9. The van der Waals surface area contributed by atoms with E-state index in [1.54, 1.807) is 24.3 Å². The Morgan fingerprint density at radius 3 is 2.38 bits per heavy atom. The molecule has 0 unspecified atom stereocenters. The Bertz CT molecular complexity index is 1250. The smallest absolute Gasteiger partial charge is 0.243 e. The summed E-state index contributed by atoms with van der Waals surface area (Å²) in [6.07, 6.45) is 4.04. The molecule has 0 bridgehead atoms. The van der Waals surface area contributed by atoms with Gasteiger partial charge in [0, 0.05) is 24.7 Å². The van der Waals surface area contributed by atoms with E-state index in [1.165, 1.54) is 21.6 Å². The van der Waals surface area contributed by atoms with Crippen molar-refractivity contribution in [1.29, 1.82) is 0 Å². The summed E-state index contributed by atoms with van der Waals surface area (Å²) in [5.41, 5.74) is 1.73. The summed E-state index contributed by atoms with van der Waals surface area (Å²) in [6, 6.07) is 16.5. The van der Waals surface area contributed by atoms with E-state index >= 15 is 0 Å². The van der Waals surface area contributed by atoms with Crippen molar-refractivity contribution < 1.29 is 13.2 Å². The first-order chi connectivity index (χ1) is 16.5. The standard InChI is InChI=1S/C24H27N5O3S2/c30-22(25-20-10-12-21(13-11-20)34(31,32)28-14-4-5-15-28)17-33-24-27-26-23(19-8-9-19)29(24)16-18-6-2-1-3-7-18/h1-3,6-7,10-13,19H,4-5,8-9,14-17H2,(H,25,30). The molecule has 2 aliphatic rings. The minimum Gasteiger partial charge on any atom is -0.325 e. The van der Waals surface area contributed by atoms with Crippen LogP contribution in [-0.4, -0.2) is 52.2 Å². The molecule has 0 atom stereocenters. The molecule has 2 heterocycles. The van der Waals surface area contributed by atoms with Crippen LogP contribution in [0.5, 0.6) is 0 Å². The maximum atomic E-state index is 12.7. The van der Waals surface area contributed by atoms with Crippen LogP contribution in [0.15, 0.2) is 64.6 Å². The van der Waals surface area contributed by atoms with Gasteiger partial charge in [-0.05, 0) is 55.5 Å². The topological polar surface area (TPSA) is 97.2 Å². The zero-order valence-corrected chi connectivity index (χ0v) is 20.4. The minimum atomic E-state index is -3.46. The Labute approximate surface area is 203 Å². The number of aromatic nitrogens is 3. The van der Waals surface area contributed by atoms with Crippen LogP contribution < -0.4 is 5.32 Å². The molecule has 1 amide bonds. The Morgan fingerprint density at radius 1 is 1.00 bits per heavy atom. The average molecular weight is 498 g/mol. The number of hydrogen-bond donors (Lipinski definition) is 1. The fraction of sp³-hybridized carbons (Fsp3) is 0.375. The second-order valence-corrected chi connectivity index (χ2v) is 11.5. The average Bonchev–Trinajstić information content (AvgIpc) is 3.36. The van der Waals surface area contributed by atoms with Crippen molar-refractivity contribution >= 4 is 33.4 Å². The van der Waals surface area contributed by atoms with Gasteiger partial charge < -0.3 is 9.88 Å². The second-order valence-electron chi connectivity index (χ2n) is 8.66. The van der Waals surface area contributed by atoms with Crippen molar-refractivity contribution in [3.63, 3.8) is 0 Å². The fourth-order valence-electron chi connectivity index (χ4n) is 4.08. The lowest BCUT2D eigenvalue weighted by molar-refractivity contribution is -0.113. The molecule has 1 aromatic heterocycles. The number of thioether (sulfide) groups is 1. The third kappa shape index (κ3) is 5.18. The van der Waals surface area contributed by atoms with Gasteiger partial charge in [-0.25, -0.2) is 8.42 Å². The van der Waals surface area contributed by atoms with Crippen molar-refractivity contribution in [3.8, 4) is 0 Å². The highest BCUT2D eigenvalue weighted by molar-refractivity contribution is 7.99. The van der Waals surface area contributed by atoms with Gasteiger partial charge in [0.2, 0.25) is 15.9 Å². The van der Waals surface area contributed by atoms with Crippen LogP contribution >= 0.6 is 11.8 Å². The molecule has 8 nitrogen and oxygen atoms in total. The van der Waals surface area contributed by atoms with Crippen molar-refractivity contribution in [3.05, 3.63) is 66.0 Å². The molecule has 1 aliphatic heterocycles. The van der Waals surface area contributed by atoms with E-state index in [4.69, 9.17) is 0 Å². The van der Waals surface area contributed by atoms with Gasteiger partial charge in [0.25, 0.3) is 0 Å². The highest BCUT2D eigenvalue weighted by Gasteiger charge is 2.31. The number of rotatable bonds is 9. The number of sulfonamides is 1. The summed E-state index contributed by atoms with van der Waals surface area (Å²) in [7, 11) is -3.46. The number of nitrogens with zero attached hydrogens (tertiary/aromatic N) is 4. The SMILES string of the molecule is O=C(CSc1nnc(C2CC2)n1Cc1ccccc1)Nc1ccc(S(=O)(=O)N2CCCC2)cc1. The molecule has 0 spiro atoms. The predicted octanol–water partition coefficient (Wildman–Crippen LogP) is 3.72. The van der Waals surface area contributed by atoms with E-state index < -0.39 is 10.0 Å². The van der Waals surface area contributed by atoms with Crippen LogP contribution in [0.1, 0.15) is 43.0 Å². The Hall–Kier alpha value is -2.69. The van der Waals surface area contributed by atoms with Gasteiger partial charge >= 0.3 is 0 Å². The molecule has 5 rings (SSSR count). The number of anilines is 1. The number of amides is 1. The third-order valence-corrected chi connectivity index (χ3v) is 8.92. The van der Waals surface area contributed by atoms with Crippen molar-refractivity contribution in [1.82, 2.24) is 19.1 Å². The highest BCUT2D eigenvalue weighted by atomic mass is 32.2. The molecule has 178 valence electrons. The van der Waals surface area contributed by atoms with Crippen LogP contribution in [0, 0.1) is 0 Å². The summed E-state index contributed by atoms with van der Waals surface area (Å²) in [6.45, 7) is 1.81. The van der Waals surface area contributed by atoms with E-state index in [-0.39, 0.29) is 16.6 Å². The van der Waals surface area contributed by atoms with Crippen LogP contribution in [0.2, 0.25) is 0 Å². The number of carbonyl (C=O) groups is 1. The molecule has 10 heteroatoms. The van der Waals surface area contributed by atoms with Gasteiger partial charge in [-0.2, -0.15) is 4.31 Å². The largest absolute Gasteiger partial charge is 0.325 e. The molecule has 1 saturated carbocycles. The molecule has 1 aliphatic carbocycles. The molecule has 1 saturated heterocycles. The van der Waals surface area contributed by atoms with E-state index in [0.29, 0.717) is 31.2 Å². The van der Waals surface area contributed by atoms with Gasteiger partial charge in [0.15, 0.2) is 5.16 Å². The first-order valence-electron chi connectivity index (χ1n) is 11.5. The Kier molecular flexibility index (Phi) is 6.71. The van der Waals surface area contributed by atoms with E-state index in [1.807, 2.05) is 18.2 Å². The quantitative estimate of drug-likeness (QED) is 0.453. The molecule has 3 aromatic rings. The lowest BCUT2D eigenvalue weighted by Crippen LogP contribution is -2.27. The summed E-state index contributed by atoms with van der Waals surface area (Å²) >= 11 is 1.36. The molecule has 2 aromatic carbocycles. The lowest BCUT2D eigenvalue weighted by Gasteiger charge is -2.15. The number of carbonyl (C=O) groups excluding carboxylic acids is 1. The summed E-state index contributed by atoms with van der Waals surface area (Å²) in [5, 5.41) is 12.3. The van der Waals surface area contributed by atoms with Gasteiger partial charge in [-0.3, -0.25) is 4.79 Å². The normalized spacial score (nSPS) is 16.6. The zero-order chi connectivity index (χ0) is 23.5. The highest BCUT2D eigenvalue weighted by Crippen LogP contribution is 2.40. The lowest BCUT2D eigenvalue weighted by atomic mass is 10.2. The van der Waals surface area contributed by atoms with E-state index in [2.05, 4.69) is 32.2 Å². The minimum absolute atomic E-state index is 0.178. The maximum Gasteiger partial charge on any atom is 0.243 e. The van der Waals surface area contributed by atoms with Crippen LogP contribution in [-0.2, 0) is 21.4 Å². The fourth-order valence-corrected chi connectivity index (χ4v) is 6.34. The van der Waals surface area contributed by atoms with Gasteiger partial charge in [-0.1, -0.05) is 42.1 Å². The number of nitrogens with one attached hydrogen (secondary N) is 1. The van der Waals surface area contributed by atoms with E-state index in [9.17, 15) is 13.2 Å². The van der Waals surface area contributed by atoms with Gasteiger partial charge in [0.1, 0.15) is 5.82 Å². The summed E-state index contributed by atoms with van der Waals surface area (Å²) < 4.78 is 29.0. The van der Waals surface area contributed by atoms with Crippen LogP contribution in [0.25, 0.3) is 0 Å². The second kappa shape index (κ2) is 9.89. The molecule has 2 fully saturated rings. The molecule has 34 heavy (non-hydrogen) atoms.